The Kier molecular flexibility index (Phi) is 4.01. The maximum Gasteiger partial charge on any atom is 0.223 e. The molecule has 0 amide bonds. The van der Waals surface area contributed by atoms with Gasteiger partial charge in [0.05, 0.1) is 6.04 Å². The minimum atomic E-state index is -0.261. The number of anilines is 1. The Labute approximate surface area is 115 Å². The zero-order chi connectivity index (χ0) is 13.8. The minimum Gasteiger partial charge on any atom is -0.388 e. The van der Waals surface area contributed by atoms with Crippen molar-refractivity contribution >= 4 is 23.2 Å². The van der Waals surface area contributed by atoms with Gasteiger partial charge in [0.2, 0.25) is 5.95 Å². The summed E-state index contributed by atoms with van der Waals surface area (Å²) in [5.74, 6) is 0.171. The van der Waals surface area contributed by atoms with Gasteiger partial charge in [0, 0.05) is 6.20 Å². The lowest BCUT2D eigenvalue weighted by molar-refractivity contribution is 0.626. The molecule has 0 radical (unpaired) electrons. The van der Waals surface area contributed by atoms with E-state index in [0.717, 1.165) is 5.56 Å². The van der Waals surface area contributed by atoms with E-state index in [9.17, 15) is 4.39 Å². The summed E-state index contributed by atoms with van der Waals surface area (Å²) in [7, 11) is 0. The van der Waals surface area contributed by atoms with E-state index in [1.165, 1.54) is 12.1 Å². The molecule has 0 spiro atoms. The molecule has 2 aromatic rings. The van der Waals surface area contributed by atoms with Crippen molar-refractivity contribution in [2.75, 3.05) is 5.32 Å². The number of nitrogens with two attached hydrogens (primary N) is 1. The summed E-state index contributed by atoms with van der Waals surface area (Å²) in [5.41, 5.74) is 6.96. The highest BCUT2D eigenvalue weighted by Gasteiger charge is 2.08. The fourth-order valence-electron chi connectivity index (χ4n) is 1.59. The van der Waals surface area contributed by atoms with E-state index in [0.29, 0.717) is 11.6 Å². The standard InChI is InChI=1S/C13H13FN4S/c1-8(9-2-4-10(14)5-3-9)17-13-16-7-6-11(18-13)12(15)19/h2-8H,1H3,(H2,15,19)(H,16,17,18). The Balaban J connectivity index is 2.14. The molecule has 1 heterocycles. The summed E-state index contributed by atoms with van der Waals surface area (Å²) >= 11 is 4.86. The molecule has 0 aliphatic heterocycles. The van der Waals surface area contributed by atoms with Crippen molar-refractivity contribution in [1.82, 2.24) is 9.97 Å². The molecule has 6 heteroatoms. The van der Waals surface area contributed by atoms with Crippen LogP contribution in [0.3, 0.4) is 0 Å². The number of hydrogen-bond acceptors (Lipinski definition) is 4. The van der Waals surface area contributed by atoms with Gasteiger partial charge >= 0.3 is 0 Å². The second-order valence-corrected chi connectivity index (χ2v) is 4.49. The van der Waals surface area contributed by atoms with E-state index in [1.54, 1.807) is 24.4 Å². The van der Waals surface area contributed by atoms with Crippen LogP contribution in [-0.2, 0) is 0 Å². The first-order chi connectivity index (χ1) is 9.06. The van der Waals surface area contributed by atoms with Gasteiger partial charge in [-0.25, -0.2) is 14.4 Å². The molecule has 19 heavy (non-hydrogen) atoms. The third-order valence-corrected chi connectivity index (χ3v) is 2.83. The second kappa shape index (κ2) is 5.71. The smallest absolute Gasteiger partial charge is 0.223 e. The van der Waals surface area contributed by atoms with Crippen molar-refractivity contribution in [1.29, 1.82) is 0 Å². The van der Waals surface area contributed by atoms with E-state index in [2.05, 4.69) is 15.3 Å². The first kappa shape index (κ1) is 13.4. The number of halogens is 1. The van der Waals surface area contributed by atoms with Crippen molar-refractivity contribution in [2.24, 2.45) is 5.73 Å². The van der Waals surface area contributed by atoms with Crippen molar-refractivity contribution in [3.05, 3.63) is 53.6 Å². The van der Waals surface area contributed by atoms with Gasteiger partial charge in [-0.2, -0.15) is 0 Å². The number of nitrogens with one attached hydrogen (secondary N) is 1. The Morgan fingerprint density at radius 2 is 2.00 bits per heavy atom. The third-order valence-electron chi connectivity index (χ3n) is 2.62. The number of benzene rings is 1. The molecule has 2 rings (SSSR count). The van der Waals surface area contributed by atoms with E-state index >= 15 is 0 Å². The number of aromatic nitrogens is 2. The van der Waals surface area contributed by atoms with Crippen LogP contribution in [0.25, 0.3) is 0 Å². The monoisotopic (exact) mass is 276 g/mol. The Bertz CT molecular complexity index is 585. The SMILES string of the molecule is CC(Nc1nccc(C(N)=S)n1)c1ccc(F)cc1. The summed E-state index contributed by atoms with van der Waals surface area (Å²) in [5, 5.41) is 3.11. The molecule has 1 unspecified atom stereocenters. The molecule has 0 fully saturated rings. The lowest BCUT2D eigenvalue weighted by atomic mass is 10.1. The molecule has 4 nitrogen and oxygen atoms in total. The van der Waals surface area contributed by atoms with Gasteiger partial charge in [-0.15, -0.1) is 0 Å². The average Bonchev–Trinajstić information content (AvgIpc) is 2.39. The fraction of sp³-hybridized carbons (Fsp3) is 0.154. The van der Waals surface area contributed by atoms with Crippen LogP contribution in [0.1, 0.15) is 24.2 Å². The highest BCUT2D eigenvalue weighted by atomic mass is 32.1. The summed E-state index contributed by atoms with van der Waals surface area (Å²) in [6.45, 7) is 1.93. The molecule has 1 atom stereocenters. The van der Waals surface area contributed by atoms with Crippen LogP contribution in [0.2, 0.25) is 0 Å². The van der Waals surface area contributed by atoms with Crippen molar-refractivity contribution < 1.29 is 4.39 Å². The van der Waals surface area contributed by atoms with Gasteiger partial charge in [0.25, 0.3) is 0 Å². The summed E-state index contributed by atoms with van der Waals surface area (Å²) in [6.07, 6.45) is 1.58. The normalized spacial score (nSPS) is 11.9. The van der Waals surface area contributed by atoms with Gasteiger partial charge in [0.15, 0.2) is 0 Å². The number of hydrogen-bond donors (Lipinski definition) is 2. The highest BCUT2D eigenvalue weighted by molar-refractivity contribution is 7.80. The molecule has 0 aliphatic rings. The lowest BCUT2D eigenvalue weighted by Crippen LogP contribution is -2.15. The highest BCUT2D eigenvalue weighted by Crippen LogP contribution is 2.17. The quantitative estimate of drug-likeness (QED) is 0.840. The van der Waals surface area contributed by atoms with Crippen molar-refractivity contribution in [3.63, 3.8) is 0 Å². The van der Waals surface area contributed by atoms with Crippen LogP contribution in [0, 0.1) is 5.82 Å². The maximum absolute atomic E-state index is 12.8. The molecule has 1 aromatic heterocycles. The fourth-order valence-corrected chi connectivity index (χ4v) is 1.71. The van der Waals surface area contributed by atoms with Gasteiger partial charge in [-0.3, -0.25) is 0 Å². The molecule has 98 valence electrons. The first-order valence-electron chi connectivity index (χ1n) is 5.71. The lowest BCUT2D eigenvalue weighted by Gasteiger charge is -2.14. The zero-order valence-corrected chi connectivity index (χ0v) is 11.1. The molecule has 0 saturated carbocycles. The Hall–Kier alpha value is -2.08. The molecular weight excluding hydrogens is 263 g/mol. The molecule has 1 aromatic carbocycles. The van der Waals surface area contributed by atoms with Gasteiger partial charge in [0.1, 0.15) is 16.5 Å². The summed E-state index contributed by atoms with van der Waals surface area (Å²) in [4.78, 5) is 8.51. The number of thiocarbonyl (C=S) groups is 1. The van der Waals surface area contributed by atoms with E-state index in [-0.39, 0.29) is 16.8 Å². The van der Waals surface area contributed by atoms with Crippen LogP contribution in [-0.4, -0.2) is 15.0 Å². The van der Waals surface area contributed by atoms with Crippen LogP contribution >= 0.6 is 12.2 Å². The predicted octanol–water partition coefficient (Wildman–Crippen LogP) is 2.42. The van der Waals surface area contributed by atoms with Crippen molar-refractivity contribution in [2.45, 2.75) is 13.0 Å². The molecular formula is C13H13FN4S. The Morgan fingerprint density at radius 3 is 2.63 bits per heavy atom. The zero-order valence-electron chi connectivity index (χ0n) is 10.3. The topological polar surface area (TPSA) is 63.8 Å². The van der Waals surface area contributed by atoms with Crippen LogP contribution in [0.4, 0.5) is 10.3 Å². The number of rotatable bonds is 4. The van der Waals surface area contributed by atoms with Gasteiger partial charge in [-0.1, -0.05) is 24.4 Å². The summed E-state index contributed by atoms with van der Waals surface area (Å²) in [6, 6.07) is 7.85. The maximum atomic E-state index is 12.8. The second-order valence-electron chi connectivity index (χ2n) is 4.05. The third kappa shape index (κ3) is 3.45. The largest absolute Gasteiger partial charge is 0.388 e. The van der Waals surface area contributed by atoms with Crippen LogP contribution in [0.5, 0.6) is 0 Å². The summed E-state index contributed by atoms with van der Waals surface area (Å²) < 4.78 is 12.8. The van der Waals surface area contributed by atoms with Crippen LogP contribution < -0.4 is 11.1 Å². The van der Waals surface area contributed by atoms with Gasteiger partial charge < -0.3 is 11.1 Å². The van der Waals surface area contributed by atoms with E-state index < -0.39 is 0 Å². The van der Waals surface area contributed by atoms with Crippen LogP contribution in [0.15, 0.2) is 36.5 Å². The molecule has 3 N–H and O–H groups in total. The molecule has 0 aliphatic carbocycles. The minimum absolute atomic E-state index is 0.0535. The van der Waals surface area contributed by atoms with E-state index in [1.807, 2.05) is 6.92 Å². The first-order valence-corrected chi connectivity index (χ1v) is 6.12. The van der Waals surface area contributed by atoms with E-state index in [4.69, 9.17) is 18.0 Å². The number of nitrogens with zero attached hydrogens (tertiary/aromatic N) is 2. The predicted molar refractivity (Wildman–Crippen MR) is 76.4 cm³/mol. The van der Waals surface area contributed by atoms with Gasteiger partial charge in [-0.05, 0) is 30.7 Å². The average molecular weight is 276 g/mol. The van der Waals surface area contributed by atoms with Crippen molar-refractivity contribution in [3.8, 4) is 0 Å². The molecule has 0 bridgehead atoms. The molecule has 0 saturated heterocycles. The Morgan fingerprint density at radius 1 is 1.32 bits per heavy atom.